The monoisotopic (exact) mass is 486 g/mol. The molecule has 1 aliphatic rings. The van der Waals surface area contributed by atoms with Crippen molar-refractivity contribution in [2.75, 3.05) is 0 Å². The minimum atomic E-state index is -1.52. The second kappa shape index (κ2) is 11.1. The summed E-state index contributed by atoms with van der Waals surface area (Å²) in [6.45, 7) is 11.2. The molecule has 159 valence electrons. The quantitative estimate of drug-likeness (QED) is 0.480. The molecule has 1 radical (unpaired) electrons. The van der Waals surface area contributed by atoms with Gasteiger partial charge in [-0.3, -0.25) is 4.79 Å². The minimum absolute atomic E-state index is 0. The third-order valence-electron chi connectivity index (χ3n) is 4.68. The molecule has 0 fully saturated rings. The van der Waals surface area contributed by atoms with E-state index in [1.165, 1.54) is 16.3 Å². The molecule has 1 unspecified atom stereocenters. The van der Waals surface area contributed by atoms with Crippen LogP contribution in [-0.2, 0) is 45.8 Å². The number of aryl methyl sites for hydroxylation is 1. The zero-order valence-corrected chi connectivity index (χ0v) is 21.5. The number of hydrogen-bond donors (Lipinski definition) is 1. The molecule has 6 heteroatoms. The second-order valence-electron chi connectivity index (χ2n) is 6.84. The topological polar surface area (TPSA) is 47.2 Å². The zero-order chi connectivity index (χ0) is 21.8. The molecule has 0 amide bonds. The molecule has 1 atom stereocenters. The number of alkyl halides is 1. The number of nitrogens with zero attached hydrogens (tertiary/aromatic N) is 2. The standard InChI is InChI=1S/C20H18FN2O2.2C2H6.Y/c1-13-8-9-15(14-6-4-3-5-7-14)10-16(13)17-18(24)22-11-20(2,21)12-23(22)19(17)25;2*1-2;/h3-8,10,24H,11-12H2,1-2H3;2*1-2H3;/q-1;;;. The van der Waals surface area contributed by atoms with E-state index in [-0.39, 0.29) is 62.8 Å². The predicted molar refractivity (Wildman–Crippen MR) is 117 cm³/mol. The molecule has 30 heavy (non-hydrogen) atoms. The molecule has 3 aromatic rings. The third-order valence-corrected chi connectivity index (χ3v) is 4.68. The van der Waals surface area contributed by atoms with Gasteiger partial charge in [-0.2, -0.15) is 0 Å². The summed E-state index contributed by atoms with van der Waals surface area (Å²) in [5.41, 5.74) is 1.63. The Morgan fingerprint density at radius 2 is 1.63 bits per heavy atom. The fourth-order valence-electron chi connectivity index (χ4n) is 3.42. The molecule has 1 aromatic heterocycles. The summed E-state index contributed by atoms with van der Waals surface area (Å²) in [6, 6.07) is 16.6. The molecule has 4 rings (SSSR count). The third kappa shape index (κ3) is 5.12. The molecule has 0 bridgehead atoms. The second-order valence-corrected chi connectivity index (χ2v) is 6.84. The number of hydrogen-bond acceptors (Lipinski definition) is 2. The van der Waals surface area contributed by atoms with Gasteiger partial charge in [0.2, 0.25) is 5.88 Å². The van der Waals surface area contributed by atoms with Crippen molar-refractivity contribution in [1.82, 2.24) is 9.36 Å². The van der Waals surface area contributed by atoms with Gasteiger partial charge in [-0.15, -0.1) is 29.3 Å². The van der Waals surface area contributed by atoms with Crippen LogP contribution in [0.2, 0.25) is 0 Å². The fourth-order valence-corrected chi connectivity index (χ4v) is 3.42. The van der Waals surface area contributed by atoms with E-state index in [0.29, 0.717) is 5.56 Å². The van der Waals surface area contributed by atoms with Crippen LogP contribution >= 0.6 is 0 Å². The molecule has 2 heterocycles. The molecule has 4 nitrogen and oxygen atoms in total. The Hall–Kier alpha value is -1.72. The molecule has 1 aliphatic heterocycles. The first kappa shape index (κ1) is 26.3. The Labute approximate surface area is 203 Å². The van der Waals surface area contributed by atoms with Crippen LogP contribution in [0.25, 0.3) is 22.3 Å². The molecule has 0 saturated carbocycles. The largest absolute Gasteiger partial charge is 0.493 e. The Bertz CT molecular complexity index is 1020. The van der Waals surface area contributed by atoms with Gasteiger partial charge in [0.05, 0.1) is 18.7 Å². The Balaban J connectivity index is 0.000000851. The summed E-state index contributed by atoms with van der Waals surface area (Å²) in [7, 11) is 0. The van der Waals surface area contributed by atoms with E-state index in [1.54, 1.807) is 0 Å². The van der Waals surface area contributed by atoms with E-state index >= 15 is 0 Å². The van der Waals surface area contributed by atoms with Crippen molar-refractivity contribution >= 4 is 0 Å². The van der Waals surface area contributed by atoms with Crippen molar-refractivity contribution in [3.05, 3.63) is 64.4 Å². The van der Waals surface area contributed by atoms with Gasteiger partial charge in [-0.1, -0.05) is 76.1 Å². The van der Waals surface area contributed by atoms with Crippen LogP contribution in [0, 0.1) is 13.0 Å². The van der Waals surface area contributed by atoms with Crippen LogP contribution in [0.15, 0.2) is 47.3 Å². The van der Waals surface area contributed by atoms with Crippen LogP contribution in [-0.4, -0.2) is 20.1 Å². The van der Waals surface area contributed by atoms with Gasteiger partial charge in [0.15, 0.2) is 0 Å². The van der Waals surface area contributed by atoms with Gasteiger partial charge in [-0.05, 0) is 6.92 Å². The van der Waals surface area contributed by atoms with E-state index < -0.39 is 5.67 Å². The maximum atomic E-state index is 14.2. The van der Waals surface area contributed by atoms with Crippen LogP contribution in [0.5, 0.6) is 5.88 Å². The van der Waals surface area contributed by atoms with E-state index in [4.69, 9.17) is 0 Å². The fraction of sp³-hybridized carbons (Fsp3) is 0.375. The molecule has 0 aliphatic carbocycles. The average molecular weight is 486 g/mol. The van der Waals surface area contributed by atoms with Gasteiger partial charge in [0, 0.05) is 32.7 Å². The molecule has 0 spiro atoms. The van der Waals surface area contributed by atoms with Gasteiger partial charge < -0.3 is 5.11 Å². The Morgan fingerprint density at radius 1 is 1.07 bits per heavy atom. The first-order valence-corrected chi connectivity index (χ1v) is 10.2. The van der Waals surface area contributed by atoms with E-state index in [2.05, 4.69) is 6.07 Å². The number of aromatic hydroxyl groups is 1. The van der Waals surface area contributed by atoms with Gasteiger partial charge in [-0.25, -0.2) is 13.8 Å². The first-order chi connectivity index (χ1) is 13.9. The first-order valence-electron chi connectivity index (χ1n) is 10.2. The van der Waals surface area contributed by atoms with Crippen LogP contribution in [0.3, 0.4) is 0 Å². The molecular weight excluding hydrogens is 456 g/mol. The predicted octanol–water partition coefficient (Wildman–Crippen LogP) is 5.59. The molecule has 0 saturated heterocycles. The summed E-state index contributed by atoms with van der Waals surface area (Å²) in [5, 5.41) is 10.6. The summed E-state index contributed by atoms with van der Waals surface area (Å²) in [6.07, 6.45) is 0. The van der Waals surface area contributed by atoms with E-state index in [0.717, 1.165) is 16.7 Å². The van der Waals surface area contributed by atoms with Crippen molar-refractivity contribution in [2.45, 2.75) is 60.3 Å². The van der Waals surface area contributed by atoms with Crippen molar-refractivity contribution in [1.29, 1.82) is 0 Å². The van der Waals surface area contributed by atoms with Gasteiger partial charge >= 0.3 is 0 Å². The minimum Gasteiger partial charge on any atom is -0.493 e. The van der Waals surface area contributed by atoms with Gasteiger partial charge in [0.1, 0.15) is 5.67 Å². The average Bonchev–Trinajstić information content (AvgIpc) is 3.18. The zero-order valence-electron chi connectivity index (χ0n) is 18.7. The van der Waals surface area contributed by atoms with Crippen molar-refractivity contribution in [2.24, 2.45) is 0 Å². The number of fused-ring (bicyclic) bond motifs is 1. The normalized spacial score (nSPS) is 16.4. The van der Waals surface area contributed by atoms with Gasteiger partial charge in [0.25, 0.3) is 5.56 Å². The van der Waals surface area contributed by atoms with Crippen molar-refractivity contribution in [3.63, 3.8) is 0 Å². The van der Waals surface area contributed by atoms with Crippen molar-refractivity contribution in [3.8, 4) is 28.1 Å². The number of benzene rings is 2. The summed E-state index contributed by atoms with van der Waals surface area (Å²) in [4.78, 5) is 12.8. The maximum absolute atomic E-state index is 14.2. The smallest absolute Gasteiger partial charge is 0.277 e. The SMILES string of the molecule is CC.CC.Cc1c[c-]c(-c2ccccc2)cc1-c1c(O)n2n(c1=O)CC(C)(F)C2.[Y]. The number of rotatable bonds is 2. The summed E-state index contributed by atoms with van der Waals surface area (Å²) in [5.74, 6) is -0.181. The molecular formula is C24H30FN2O2Y-. The summed E-state index contributed by atoms with van der Waals surface area (Å²) >= 11 is 0. The van der Waals surface area contributed by atoms with Crippen LogP contribution in [0.1, 0.15) is 40.2 Å². The van der Waals surface area contributed by atoms with E-state index in [1.807, 2.05) is 77.1 Å². The molecule has 1 N–H and O–H groups in total. The Kier molecular flexibility index (Phi) is 9.70. The van der Waals surface area contributed by atoms with Crippen LogP contribution < -0.4 is 5.56 Å². The maximum Gasteiger partial charge on any atom is 0.277 e. The van der Waals surface area contributed by atoms with Crippen molar-refractivity contribution < 1.29 is 42.2 Å². The molecule has 2 aromatic carbocycles. The Morgan fingerprint density at radius 3 is 2.20 bits per heavy atom. The number of aromatic nitrogens is 2. The summed E-state index contributed by atoms with van der Waals surface area (Å²) < 4.78 is 16.8. The van der Waals surface area contributed by atoms with E-state index in [9.17, 15) is 14.3 Å². The number of halogens is 1. The van der Waals surface area contributed by atoms with Crippen LogP contribution in [0.4, 0.5) is 4.39 Å².